The van der Waals surface area contributed by atoms with Crippen LogP contribution in [0.2, 0.25) is 0 Å². The summed E-state index contributed by atoms with van der Waals surface area (Å²) in [4.78, 5) is 25.4. The average molecular weight is 350 g/mol. The highest BCUT2D eigenvalue weighted by Gasteiger charge is 2.37. The maximum Gasteiger partial charge on any atom is 0.266 e. The molecular formula is C16H16NO4S2-. The summed E-state index contributed by atoms with van der Waals surface area (Å²) in [5.74, 6) is -1.52. The standard InChI is InChI=1S/C16H17NO4S2/c1-9(2)7-12(15(20)21)17-14(19)13(23-16(17)22)8-10-3-5-11(18)6-4-10/h3-6,8-9,12,18H,7H2,1-2H3,(H,20,21)/p-1/b13-8-/t12-/m1/s1. The zero-order valence-corrected chi connectivity index (χ0v) is 14.3. The number of carboxylic acids is 1. The summed E-state index contributed by atoms with van der Waals surface area (Å²) in [6.45, 7) is 3.75. The molecule has 0 spiro atoms. The molecule has 1 aliphatic rings. The zero-order valence-electron chi connectivity index (χ0n) is 12.7. The lowest BCUT2D eigenvalue weighted by Crippen LogP contribution is -2.50. The van der Waals surface area contributed by atoms with Crippen LogP contribution >= 0.6 is 24.0 Å². The van der Waals surface area contributed by atoms with Gasteiger partial charge in [0.15, 0.2) is 0 Å². The molecule has 0 bridgehead atoms. The Labute approximate surface area is 144 Å². The van der Waals surface area contributed by atoms with Crippen LogP contribution in [0.4, 0.5) is 0 Å². The van der Waals surface area contributed by atoms with E-state index in [2.05, 4.69) is 0 Å². The predicted octanol–water partition coefficient (Wildman–Crippen LogP) is 1.76. The Kier molecular flexibility index (Phi) is 5.43. The molecule has 23 heavy (non-hydrogen) atoms. The number of thioether (sulfide) groups is 1. The van der Waals surface area contributed by atoms with E-state index in [-0.39, 0.29) is 22.4 Å². The van der Waals surface area contributed by atoms with Gasteiger partial charge in [-0.05, 0) is 36.1 Å². The molecule has 122 valence electrons. The number of rotatable bonds is 5. The van der Waals surface area contributed by atoms with E-state index >= 15 is 0 Å². The Morgan fingerprint density at radius 2 is 2.00 bits per heavy atom. The summed E-state index contributed by atoms with van der Waals surface area (Å²) in [6, 6.07) is 5.27. The summed E-state index contributed by atoms with van der Waals surface area (Å²) in [6.07, 6.45) is 1.90. The average Bonchev–Trinajstić information content (AvgIpc) is 2.73. The summed E-state index contributed by atoms with van der Waals surface area (Å²) >= 11 is 6.25. The highest BCUT2D eigenvalue weighted by molar-refractivity contribution is 8.26. The van der Waals surface area contributed by atoms with Crippen LogP contribution in [0, 0.1) is 5.92 Å². The van der Waals surface area contributed by atoms with Gasteiger partial charge in [-0.3, -0.25) is 9.69 Å². The first-order valence-electron chi connectivity index (χ1n) is 7.06. The van der Waals surface area contributed by atoms with Crippen molar-refractivity contribution in [2.24, 2.45) is 5.92 Å². The van der Waals surface area contributed by atoms with Crippen LogP contribution in [0.1, 0.15) is 25.8 Å². The SMILES string of the molecule is CC(C)C[C@H](C(=O)[O-])N1C(=O)/C(=C/c2ccc(O)cc2)SC1=S. The molecule has 0 aromatic heterocycles. The third-order valence-corrected chi connectivity index (χ3v) is 4.62. The molecule has 1 saturated heterocycles. The van der Waals surface area contributed by atoms with E-state index in [4.69, 9.17) is 12.2 Å². The van der Waals surface area contributed by atoms with Crippen LogP contribution in [-0.2, 0) is 9.59 Å². The van der Waals surface area contributed by atoms with Crippen molar-refractivity contribution in [1.29, 1.82) is 0 Å². The number of hydrogen-bond acceptors (Lipinski definition) is 6. The minimum Gasteiger partial charge on any atom is -0.548 e. The number of thiocarbonyl (C=S) groups is 1. The number of aromatic hydroxyl groups is 1. The van der Waals surface area contributed by atoms with Gasteiger partial charge in [-0.25, -0.2) is 0 Å². The van der Waals surface area contributed by atoms with Crippen molar-refractivity contribution >= 4 is 46.3 Å². The largest absolute Gasteiger partial charge is 0.548 e. The zero-order chi connectivity index (χ0) is 17.1. The molecule has 2 rings (SSSR count). The maximum atomic E-state index is 12.5. The fourth-order valence-electron chi connectivity index (χ4n) is 2.22. The summed E-state index contributed by atoms with van der Waals surface area (Å²) < 4.78 is 0.217. The Morgan fingerprint density at radius 1 is 1.39 bits per heavy atom. The molecule has 1 N–H and O–H groups in total. The molecule has 7 heteroatoms. The number of aliphatic carboxylic acids is 1. The highest BCUT2D eigenvalue weighted by Crippen LogP contribution is 2.35. The highest BCUT2D eigenvalue weighted by atomic mass is 32.2. The van der Waals surface area contributed by atoms with Gasteiger partial charge in [0.2, 0.25) is 0 Å². The molecule has 0 aliphatic carbocycles. The second-order valence-corrected chi connectivity index (χ2v) is 7.28. The lowest BCUT2D eigenvalue weighted by molar-refractivity contribution is -0.310. The number of carboxylic acid groups (broad SMARTS) is 1. The third-order valence-electron chi connectivity index (χ3n) is 3.29. The Bertz CT molecular complexity index is 667. The molecule has 0 radical (unpaired) electrons. The Balaban J connectivity index is 2.28. The first-order valence-corrected chi connectivity index (χ1v) is 8.29. The van der Waals surface area contributed by atoms with Crippen LogP contribution in [0.3, 0.4) is 0 Å². The molecule has 1 heterocycles. The molecule has 1 aromatic carbocycles. The van der Waals surface area contributed by atoms with Crippen LogP contribution in [-0.4, -0.2) is 32.2 Å². The van der Waals surface area contributed by atoms with Gasteiger partial charge < -0.3 is 15.0 Å². The van der Waals surface area contributed by atoms with Crippen molar-refractivity contribution in [2.45, 2.75) is 26.3 Å². The second-order valence-electron chi connectivity index (χ2n) is 5.61. The van der Waals surface area contributed by atoms with Crippen LogP contribution in [0.25, 0.3) is 6.08 Å². The lowest BCUT2D eigenvalue weighted by Gasteiger charge is -2.28. The van der Waals surface area contributed by atoms with Gasteiger partial charge in [0.1, 0.15) is 10.1 Å². The quantitative estimate of drug-likeness (QED) is 0.644. The van der Waals surface area contributed by atoms with Crippen molar-refractivity contribution in [3.05, 3.63) is 34.7 Å². The van der Waals surface area contributed by atoms with Crippen LogP contribution in [0.15, 0.2) is 29.2 Å². The number of carbonyl (C=O) groups is 2. The maximum absolute atomic E-state index is 12.5. The van der Waals surface area contributed by atoms with Gasteiger partial charge >= 0.3 is 0 Å². The minimum atomic E-state index is -1.30. The lowest BCUT2D eigenvalue weighted by atomic mass is 10.0. The minimum absolute atomic E-state index is 0.0867. The fraction of sp³-hybridized carbons (Fsp3) is 0.312. The van der Waals surface area contributed by atoms with E-state index in [1.807, 2.05) is 13.8 Å². The molecule has 0 saturated carbocycles. The molecule has 5 nitrogen and oxygen atoms in total. The third kappa shape index (κ3) is 4.11. The van der Waals surface area contributed by atoms with E-state index in [0.717, 1.165) is 22.2 Å². The van der Waals surface area contributed by atoms with E-state index in [1.54, 1.807) is 18.2 Å². The summed E-state index contributed by atoms with van der Waals surface area (Å²) in [5, 5.41) is 20.7. The van der Waals surface area contributed by atoms with Crippen LogP contribution in [0.5, 0.6) is 5.75 Å². The summed E-state index contributed by atoms with van der Waals surface area (Å²) in [7, 11) is 0. The Hall–Kier alpha value is -1.86. The fourth-order valence-corrected chi connectivity index (χ4v) is 3.58. The molecular weight excluding hydrogens is 334 g/mol. The van der Waals surface area contributed by atoms with Crippen LogP contribution < -0.4 is 5.11 Å². The van der Waals surface area contributed by atoms with Gasteiger partial charge in [-0.1, -0.05) is 50.0 Å². The molecule has 1 aromatic rings. The predicted molar refractivity (Wildman–Crippen MR) is 91.4 cm³/mol. The van der Waals surface area contributed by atoms with E-state index < -0.39 is 17.9 Å². The summed E-state index contributed by atoms with van der Waals surface area (Å²) in [5.41, 5.74) is 0.720. The van der Waals surface area contributed by atoms with E-state index in [0.29, 0.717) is 4.91 Å². The molecule has 1 atom stereocenters. The van der Waals surface area contributed by atoms with Gasteiger partial charge in [0.05, 0.1) is 16.9 Å². The first-order chi connectivity index (χ1) is 10.8. The van der Waals surface area contributed by atoms with E-state index in [9.17, 15) is 19.8 Å². The second kappa shape index (κ2) is 7.14. The first kappa shape index (κ1) is 17.5. The van der Waals surface area contributed by atoms with E-state index in [1.165, 1.54) is 12.1 Å². The van der Waals surface area contributed by atoms with Crippen molar-refractivity contribution < 1.29 is 19.8 Å². The number of amides is 1. The van der Waals surface area contributed by atoms with Crippen molar-refractivity contribution in [2.75, 3.05) is 0 Å². The molecule has 1 aliphatic heterocycles. The monoisotopic (exact) mass is 350 g/mol. The van der Waals surface area contributed by atoms with Crippen molar-refractivity contribution in [1.82, 2.24) is 4.90 Å². The van der Waals surface area contributed by atoms with Crippen molar-refractivity contribution in [3.8, 4) is 5.75 Å². The molecule has 0 unspecified atom stereocenters. The van der Waals surface area contributed by atoms with Gasteiger partial charge in [-0.2, -0.15) is 0 Å². The van der Waals surface area contributed by atoms with Gasteiger partial charge in [-0.15, -0.1) is 0 Å². The number of carbonyl (C=O) groups excluding carboxylic acids is 2. The number of phenols is 1. The smallest absolute Gasteiger partial charge is 0.266 e. The topological polar surface area (TPSA) is 80.7 Å². The Morgan fingerprint density at radius 3 is 2.52 bits per heavy atom. The molecule has 1 amide bonds. The van der Waals surface area contributed by atoms with Gasteiger partial charge in [0.25, 0.3) is 5.91 Å². The molecule has 1 fully saturated rings. The normalized spacial score (nSPS) is 18.0. The van der Waals surface area contributed by atoms with Gasteiger partial charge in [0, 0.05) is 0 Å². The van der Waals surface area contributed by atoms with Crippen molar-refractivity contribution in [3.63, 3.8) is 0 Å². The number of nitrogens with zero attached hydrogens (tertiary/aromatic N) is 1. The number of hydrogen-bond donors (Lipinski definition) is 1. The number of benzene rings is 1. The number of phenolic OH excluding ortho intramolecular Hbond substituents is 1.